The van der Waals surface area contributed by atoms with E-state index in [2.05, 4.69) is 15.2 Å². The van der Waals surface area contributed by atoms with Gasteiger partial charge in [-0.2, -0.15) is 18.2 Å². The van der Waals surface area contributed by atoms with Crippen LogP contribution in [0, 0.1) is 18.8 Å². The SMILES string of the molecule is Cc1ccc(NC(=O)N2CCC(CC(F)(F)F)C2)cc1-c1cc(OCC(C)CO)nc(N2CCOCC2)c1. The Morgan fingerprint density at radius 3 is 2.71 bits per heavy atom. The first-order valence-corrected chi connectivity index (χ1v) is 12.9. The second-order valence-corrected chi connectivity index (χ2v) is 10.1. The fraction of sp³-hybridized carbons (Fsp3) is 0.556. The summed E-state index contributed by atoms with van der Waals surface area (Å²) in [5.74, 6) is 0.565. The summed E-state index contributed by atoms with van der Waals surface area (Å²) in [6.45, 7) is 7.15. The molecule has 0 saturated carbocycles. The molecule has 1 aromatic carbocycles. The van der Waals surface area contributed by atoms with Crippen molar-refractivity contribution in [3.05, 3.63) is 35.9 Å². The Morgan fingerprint density at radius 2 is 2.00 bits per heavy atom. The highest BCUT2D eigenvalue weighted by molar-refractivity contribution is 5.90. The van der Waals surface area contributed by atoms with E-state index in [0.717, 1.165) is 22.5 Å². The Bertz CT molecular complexity index is 1110. The lowest BCUT2D eigenvalue weighted by Crippen LogP contribution is -2.36. The van der Waals surface area contributed by atoms with Crippen molar-refractivity contribution < 1.29 is 32.5 Å². The minimum Gasteiger partial charge on any atom is -0.477 e. The van der Waals surface area contributed by atoms with E-state index in [4.69, 9.17) is 9.47 Å². The van der Waals surface area contributed by atoms with Gasteiger partial charge in [-0.05, 0) is 54.2 Å². The van der Waals surface area contributed by atoms with E-state index in [1.54, 1.807) is 6.07 Å². The number of likely N-dealkylation sites (tertiary alicyclic amines) is 1. The highest BCUT2D eigenvalue weighted by Crippen LogP contribution is 2.33. The number of rotatable bonds is 8. The first-order valence-electron chi connectivity index (χ1n) is 12.9. The zero-order chi connectivity index (χ0) is 27.3. The normalized spacial score (nSPS) is 18.9. The van der Waals surface area contributed by atoms with Crippen LogP contribution in [0.15, 0.2) is 30.3 Å². The number of urea groups is 1. The molecule has 8 nitrogen and oxygen atoms in total. The molecule has 2 aliphatic heterocycles. The zero-order valence-electron chi connectivity index (χ0n) is 21.8. The largest absolute Gasteiger partial charge is 0.477 e. The summed E-state index contributed by atoms with van der Waals surface area (Å²) in [5, 5.41) is 12.2. The Kier molecular flexibility index (Phi) is 8.99. The average molecular weight is 537 g/mol. The van der Waals surface area contributed by atoms with Gasteiger partial charge < -0.3 is 29.7 Å². The topological polar surface area (TPSA) is 87.2 Å². The number of nitrogens with zero attached hydrogens (tertiary/aromatic N) is 3. The van der Waals surface area contributed by atoms with Crippen LogP contribution < -0.4 is 15.0 Å². The first-order chi connectivity index (χ1) is 18.1. The van der Waals surface area contributed by atoms with Crippen molar-refractivity contribution >= 4 is 17.5 Å². The summed E-state index contributed by atoms with van der Waals surface area (Å²) in [5.41, 5.74) is 3.25. The van der Waals surface area contributed by atoms with E-state index < -0.39 is 24.5 Å². The number of nitrogens with one attached hydrogen (secondary N) is 1. The number of hydrogen-bond donors (Lipinski definition) is 2. The number of hydrogen-bond acceptors (Lipinski definition) is 6. The molecule has 2 aliphatic rings. The minimum absolute atomic E-state index is 0.00479. The number of carbonyl (C=O) groups is 1. The van der Waals surface area contributed by atoms with Gasteiger partial charge in [0.15, 0.2) is 0 Å². The van der Waals surface area contributed by atoms with E-state index in [0.29, 0.717) is 57.4 Å². The molecule has 4 rings (SSSR count). The van der Waals surface area contributed by atoms with Crippen LogP contribution in [0.5, 0.6) is 5.88 Å². The van der Waals surface area contributed by atoms with Crippen LogP contribution in [-0.2, 0) is 4.74 Å². The molecule has 0 bridgehead atoms. The van der Waals surface area contributed by atoms with Crippen molar-refractivity contribution in [3.63, 3.8) is 0 Å². The molecule has 2 amide bonds. The van der Waals surface area contributed by atoms with Gasteiger partial charge in [-0.1, -0.05) is 13.0 Å². The Hall–Kier alpha value is -3.05. The average Bonchev–Trinajstić information content (AvgIpc) is 3.35. The zero-order valence-corrected chi connectivity index (χ0v) is 21.8. The molecule has 0 radical (unpaired) electrons. The van der Waals surface area contributed by atoms with E-state index in [1.165, 1.54) is 4.90 Å². The van der Waals surface area contributed by atoms with E-state index in [9.17, 15) is 23.1 Å². The van der Waals surface area contributed by atoms with Crippen molar-refractivity contribution in [2.75, 3.05) is 62.8 Å². The van der Waals surface area contributed by atoms with E-state index >= 15 is 0 Å². The summed E-state index contributed by atoms with van der Waals surface area (Å²) in [4.78, 5) is 21.1. The van der Waals surface area contributed by atoms with Crippen LogP contribution in [0.1, 0.15) is 25.3 Å². The maximum absolute atomic E-state index is 12.8. The number of aliphatic hydroxyl groups excluding tert-OH is 1. The molecule has 2 aromatic rings. The monoisotopic (exact) mass is 536 g/mol. The molecule has 208 valence electrons. The number of ether oxygens (including phenoxy) is 2. The third-order valence-corrected chi connectivity index (χ3v) is 6.84. The number of halogens is 3. The van der Waals surface area contributed by atoms with Gasteiger partial charge in [0.25, 0.3) is 0 Å². The fourth-order valence-corrected chi connectivity index (χ4v) is 4.68. The number of aliphatic hydroxyl groups is 1. The number of carbonyl (C=O) groups excluding carboxylic acids is 1. The summed E-state index contributed by atoms with van der Waals surface area (Å²) >= 11 is 0. The second kappa shape index (κ2) is 12.2. The highest BCUT2D eigenvalue weighted by atomic mass is 19.4. The van der Waals surface area contributed by atoms with Crippen molar-refractivity contribution in [1.82, 2.24) is 9.88 Å². The van der Waals surface area contributed by atoms with Gasteiger partial charge in [0, 0.05) is 56.9 Å². The molecule has 0 aliphatic carbocycles. The summed E-state index contributed by atoms with van der Waals surface area (Å²) < 4.78 is 49.7. The number of pyridine rings is 1. The Morgan fingerprint density at radius 1 is 1.24 bits per heavy atom. The molecule has 2 saturated heterocycles. The van der Waals surface area contributed by atoms with Gasteiger partial charge in [-0.15, -0.1) is 0 Å². The lowest BCUT2D eigenvalue weighted by Gasteiger charge is -2.28. The summed E-state index contributed by atoms with van der Waals surface area (Å²) in [6, 6.07) is 8.94. The number of morpholine rings is 1. The van der Waals surface area contributed by atoms with Gasteiger partial charge in [0.2, 0.25) is 5.88 Å². The van der Waals surface area contributed by atoms with Gasteiger partial charge in [0.05, 0.1) is 19.8 Å². The lowest BCUT2D eigenvalue weighted by atomic mass is 10.00. The predicted molar refractivity (Wildman–Crippen MR) is 139 cm³/mol. The maximum atomic E-state index is 12.8. The summed E-state index contributed by atoms with van der Waals surface area (Å²) in [6.07, 6.45) is -4.77. The maximum Gasteiger partial charge on any atom is 0.389 e. The first kappa shape index (κ1) is 28.0. The number of alkyl halides is 3. The van der Waals surface area contributed by atoms with Gasteiger partial charge in [-0.25, -0.2) is 4.79 Å². The molecule has 1 aromatic heterocycles. The smallest absolute Gasteiger partial charge is 0.389 e. The van der Waals surface area contributed by atoms with E-state index in [-0.39, 0.29) is 19.1 Å². The number of aryl methyl sites for hydroxylation is 1. The highest BCUT2D eigenvalue weighted by Gasteiger charge is 2.36. The van der Waals surface area contributed by atoms with Crippen molar-refractivity contribution in [2.24, 2.45) is 11.8 Å². The van der Waals surface area contributed by atoms with Gasteiger partial charge in [-0.3, -0.25) is 0 Å². The number of anilines is 2. The minimum atomic E-state index is -4.23. The number of aromatic nitrogens is 1. The van der Waals surface area contributed by atoms with Crippen LogP contribution in [0.25, 0.3) is 11.1 Å². The molecular formula is C27H35F3N4O4. The van der Waals surface area contributed by atoms with Gasteiger partial charge in [0.1, 0.15) is 5.82 Å². The molecule has 38 heavy (non-hydrogen) atoms. The molecule has 0 spiro atoms. The van der Waals surface area contributed by atoms with Crippen LogP contribution in [-0.4, -0.2) is 79.8 Å². The Balaban J connectivity index is 1.54. The molecule has 11 heteroatoms. The number of benzene rings is 1. The standard InChI is InChI=1S/C27H35F3N4O4/c1-18(16-35)17-38-25-12-21(11-24(32-25)33-7-9-37-10-8-33)23-13-22(4-3-19(23)2)31-26(36)34-6-5-20(15-34)14-27(28,29)30/h3-4,11-13,18,20,35H,5-10,14-17H2,1-2H3,(H,31,36). The molecular weight excluding hydrogens is 501 g/mol. The third-order valence-electron chi connectivity index (χ3n) is 6.84. The molecule has 2 atom stereocenters. The van der Waals surface area contributed by atoms with Crippen LogP contribution in [0.2, 0.25) is 0 Å². The fourth-order valence-electron chi connectivity index (χ4n) is 4.68. The molecule has 3 heterocycles. The van der Waals surface area contributed by atoms with Crippen molar-refractivity contribution in [2.45, 2.75) is 32.9 Å². The van der Waals surface area contributed by atoms with Crippen LogP contribution >= 0.6 is 0 Å². The molecule has 2 unspecified atom stereocenters. The van der Waals surface area contributed by atoms with Gasteiger partial charge >= 0.3 is 12.2 Å². The molecule has 2 fully saturated rings. The summed E-state index contributed by atoms with van der Waals surface area (Å²) in [7, 11) is 0. The van der Waals surface area contributed by atoms with Crippen LogP contribution in [0.3, 0.4) is 0 Å². The Labute approximate surface area is 220 Å². The van der Waals surface area contributed by atoms with Crippen molar-refractivity contribution in [3.8, 4) is 17.0 Å². The lowest BCUT2D eigenvalue weighted by molar-refractivity contribution is -0.143. The van der Waals surface area contributed by atoms with E-state index in [1.807, 2.05) is 38.1 Å². The van der Waals surface area contributed by atoms with Crippen LogP contribution in [0.4, 0.5) is 29.5 Å². The van der Waals surface area contributed by atoms with Crippen molar-refractivity contribution in [1.29, 1.82) is 0 Å². The quantitative estimate of drug-likeness (QED) is 0.509. The molecule has 2 N–H and O–H groups in total. The number of amides is 2. The second-order valence-electron chi connectivity index (χ2n) is 10.1. The predicted octanol–water partition coefficient (Wildman–Crippen LogP) is 4.71. The third kappa shape index (κ3) is 7.50.